The fourth-order valence-corrected chi connectivity index (χ4v) is 4.16. The number of nitrogens with zero attached hydrogens (tertiary/aromatic N) is 2. The van der Waals surface area contributed by atoms with E-state index in [1.165, 1.54) is 4.88 Å². The predicted octanol–water partition coefficient (Wildman–Crippen LogP) is 4.81. The molecule has 2 heterocycles. The van der Waals surface area contributed by atoms with Gasteiger partial charge >= 0.3 is 5.97 Å². The summed E-state index contributed by atoms with van der Waals surface area (Å²) in [6.45, 7) is 8.14. The van der Waals surface area contributed by atoms with Crippen molar-refractivity contribution < 1.29 is 9.90 Å². The van der Waals surface area contributed by atoms with E-state index in [9.17, 15) is 9.90 Å². The number of aliphatic carboxylic acids is 1. The monoisotopic (exact) mass is 383 g/mol. The summed E-state index contributed by atoms with van der Waals surface area (Å²) in [5.41, 5.74) is 2.24. The average molecular weight is 384 g/mol. The highest BCUT2D eigenvalue weighted by Gasteiger charge is 2.22. The van der Waals surface area contributed by atoms with Gasteiger partial charge in [-0.3, -0.25) is 0 Å². The van der Waals surface area contributed by atoms with Crippen LogP contribution < -0.4 is 5.32 Å². The summed E-state index contributed by atoms with van der Waals surface area (Å²) in [5.74, 6) is 0.738. The van der Waals surface area contributed by atoms with Gasteiger partial charge in [0.1, 0.15) is 22.5 Å². The van der Waals surface area contributed by atoms with E-state index in [4.69, 9.17) is 9.97 Å². The zero-order valence-corrected chi connectivity index (χ0v) is 16.9. The van der Waals surface area contributed by atoms with Gasteiger partial charge in [0.15, 0.2) is 0 Å². The van der Waals surface area contributed by atoms with Crippen molar-refractivity contribution in [3.63, 3.8) is 0 Å². The van der Waals surface area contributed by atoms with Gasteiger partial charge in [0, 0.05) is 11.3 Å². The Labute approximate surface area is 163 Å². The molecular formula is C21H25N3O2S. The smallest absolute Gasteiger partial charge is 0.326 e. The van der Waals surface area contributed by atoms with Crippen LogP contribution in [-0.2, 0) is 11.2 Å². The third-order valence-corrected chi connectivity index (χ3v) is 5.70. The number of fused-ring (bicyclic) bond motifs is 1. The number of hydrogen-bond donors (Lipinski definition) is 2. The fraction of sp³-hybridized carbons (Fsp3) is 0.381. The molecule has 3 rings (SSSR count). The minimum atomic E-state index is -0.857. The van der Waals surface area contributed by atoms with E-state index in [0.717, 1.165) is 21.3 Å². The van der Waals surface area contributed by atoms with Gasteiger partial charge in [-0.15, -0.1) is 11.3 Å². The van der Waals surface area contributed by atoms with Crippen LogP contribution in [0.2, 0.25) is 0 Å². The molecule has 6 heteroatoms. The third-order valence-electron chi connectivity index (χ3n) is 4.60. The number of rotatable bonds is 7. The maximum absolute atomic E-state index is 11.7. The molecule has 2 N–H and O–H groups in total. The maximum atomic E-state index is 11.7. The molecule has 0 fully saturated rings. The molecule has 0 bridgehead atoms. The lowest BCUT2D eigenvalue weighted by molar-refractivity contribution is -0.138. The lowest BCUT2D eigenvalue weighted by atomic mass is 10.0. The second-order valence-electron chi connectivity index (χ2n) is 7.28. The van der Waals surface area contributed by atoms with Gasteiger partial charge in [0.05, 0.1) is 5.39 Å². The molecule has 0 aliphatic rings. The molecule has 0 spiro atoms. The highest BCUT2D eigenvalue weighted by molar-refractivity contribution is 7.18. The number of anilines is 1. The van der Waals surface area contributed by atoms with E-state index < -0.39 is 12.0 Å². The van der Waals surface area contributed by atoms with Crippen molar-refractivity contribution in [2.75, 3.05) is 5.32 Å². The number of carboxylic acids is 1. The summed E-state index contributed by atoms with van der Waals surface area (Å²) in [5, 5.41) is 13.8. The molecule has 0 saturated heterocycles. The number of benzene rings is 1. The molecule has 3 aromatic rings. The number of carboxylic acid groups (broad SMARTS) is 1. The van der Waals surface area contributed by atoms with Crippen LogP contribution in [0.25, 0.3) is 10.2 Å². The van der Waals surface area contributed by atoms with E-state index in [1.807, 2.05) is 51.1 Å². The highest BCUT2D eigenvalue weighted by Crippen LogP contribution is 2.34. The molecule has 27 heavy (non-hydrogen) atoms. The Morgan fingerprint density at radius 2 is 1.89 bits per heavy atom. The van der Waals surface area contributed by atoms with Crippen molar-refractivity contribution in [3.8, 4) is 0 Å². The zero-order valence-electron chi connectivity index (χ0n) is 16.1. The van der Waals surface area contributed by atoms with Crippen molar-refractivity contribution >= 4 is 33.3 Å². The molecule has 1 unspecified atom stereocenters. The minimum Gasteiger partial charge on any atom is -0.480 e. The Bertz CT molecular complexity index is 951. The lowest BCUT2D eigenvalue weighted by Crippen LogP contribution is -2.31. The van der Waals surface area contributed by atoms with Crippen LogP contribution in [-0.4, -0.2) is 27.1 Å². The third kappa shape index (κ3) is 4.45. The minimum absolute atomic E-state index is 0.269. The predicted molar refractivity (Wildman–Crippen MR) is 111 cm³/mol. The summed E-state index contributed by atoms with van der Waals surface area (Å²) < 4.78 is 0. The summed E-state index contributed by atoms with van der Waals surface area (Å²) in [6, 6.07) is 9.39. The first-order valence-corrected chi connectivity index (χ1v) is 9.96. The molecule has 0 aliphatic carbocycles. The van der Waals surface area contributed by atoms with E-state index >= 15 is 0 Å². The Hall–Kier alpha value is -2.47. The average Bonchev–Trinajstić information content (AvgIpc) is 2.89. The van der Waals surface area contributed by atoms with Crippen molar-refractivity contribution in [1.82, 2.24) is 9.97 Å². The second kappa shape index (κ2) is 8.05. The molecule has 0 radical (unpaired) electrons. The normalized spacial score (nSPS) is 12.5. The number of carbonyl (C=O) groups is 1. The fourth-order valence-electron chi connectivity index (χ4n) is 3.11. The van der Waals surface area contributed by atoms with Gasteiger partial charge in [-0.2, -0.15) is 0 Å². The van der Waals surface area contributed by atoms with Gasteiger partial charge in [0.25, 0.3) is 0 Å². The quantitative estimate of drug-likeness (QED) is 0.612. The largest absolute Gasteiger partial charge is 0.480 e. The molecular weight excluding hydrogens is 358 g/mol. The van der Waals surface area contributed by atoms with Crippen LogP contribution >= 0.6 is 11.3 Å². The molecule has 1 aromatic carbocycles. The van der Waals surface area contributed by atoms with Crippen LogP contribution in [0.15, 0.2) is 30.3 Å². The van der Waals surface area contributed by atoms with Gasteiger partial charge in [0.2, 0.25) is 0 Å². The number of aryl methyl sites for hydroxylation is 2. The molecule has 0 saturated carbocycles. The summed E-state index contributed by atoms with van der Waals surface area (Å²) in [6.07, 6.45) is 1.15. The number of hydrogen-bond acceptors (Lipinski definition) is 5. The van der Waals surface area contributed by atoms with Crippen molar-refractivity contribution in [2.45, 2.75) is 46.6 Å². The van der Waals surface area contributed by atoms with Gasteiger partial charge in [-0.1, -0.05) is 44.2 Å². The van der Waals surface area contributed by atoms with Crippen LogP contribution in [0.1, 0.15) is 42.1 Å². The van der Waals surface area contributed by atoms with Crippen LogP contribution in [0.5, 0.6) is 0 Å². The van der Waals surface area contributed by atoms with Crippen LogP contribution in [0, 0.1) is 19.8 Å². The van der Waals surface area contributed by atoms with E-state index in [0.29, 0.717) is 24.5 Å². The SMILES string of the molecule is Cc1sc2nc(Cc3ccccc3)nc(NC(CC(C)C)C(=O)O)c2c1C. The Morgan fingerprint density at radius 3 is 2.52 bits per heavy atom. The highest BCUT2D eigenvalue weighted by atomic mass is 32.1. The maximum Gasteiger partial charge on any atom is 0.326 e. The molecule has 1 atom stereocenters. The topological polar surface area (TPSA) is 75.1 Å². The Kier molecular flexibility index (Phi) is 5.75. The Morgan fingerprint density at radius 1 is 1.19 bits per heavy atom. The number of thiophene rings is 1. The van der Waals surface area contributed by atoms with Crippen molar-refractivity contribution in [3.05, 3.63) is 52.2 Å². The number of aromatic nitrogens is 2. The number of nitrogens with one attached hydrogen (secondary N) is 1. The molecule has 5 nitrogen and oxygen atoms in total. The summed E-state index contributed by atoms with van der Waals surface area (Å²) >= 11 is 1.63. The zero-order chi connectivity index (χ0) is 19.6. The van der Waals surface area contributed by atoms with Crippen molar-refractivity contribution in [2.24, 2.45) is 5.92 Å². The second-order valence-corrected chi connectivity index (χ2v) is 8.48. The first-order chi connectivity index (χ1) is 12.8. The first kappa shape index (κ1) is 19.3. The van der Waals surface area contributed by atoms with E-state index in [1.54, 1.807) is 11.3 Å². The van der Waals surface area contributed by atoms with Crippen LogP contribution in [0.4, 0.5) is 5.82 Å². The van der Waals surface area contributed by atoms with Crippen LogP contribution in [0.3, 0.4) is 0 Å². The Balaban J connectivity index is 2.04. The van der Waals surface area contributed by atoms with Gasteiger partial charge in [-0.05, 0) is 37.3 Å². The lowest BCUT2D eigenvalue weighted by Gasteiger charge is -2.18. The standard InChI is InChI=1S/C21H25N3O2S/c1-12(2)10-16(21(25)26)22-19-18-13(3)14(4)27-20(18)24-17(23-19)11-15-8-6-5-7-9-15/h5-9,12,16H,10-11H2,1-4H3,(H,25,26)(H,22,23,24). The molecule has 0 amide bonds. The molecule has 142 valence electrons. The van der Waals surface area contributed by atoms with Gasteiger partial charge < -0.3 is 10.4 Å². The van der Waals surface area contributed by atoms with Gasteiger partial charge in [-0.25, -0.2) is 14.8 Å². The van der Waals surface area contributed by atoms with E-state index in [2.05, 4.69) is 12.2 Å². The van der Waals surface area contributed by atoms with E-state index in [-0.39, 0.29) is 5.92 Å². The first-order valence-electron chi connectivity index (χ1n) is 9.15. The summed E-state index contributed by atoms with van der Waals surface area (Å²) in [4.78, 5) is 23.3. The summed E-state index contributed by atoms with van der Waals surface area (Å²) in [7, 11) is 0. The van der Waals surface area contributed by atoms with Crippen molar-refractivity contribution in [1.29, 1.82) is 0 Å². The molecule has 2 aromatic heterocycles. The molecule has 0 aliphatic heterocycles.